The molecule has 0 saturated carbocycles. The quantitative estimate of drug-likeness (QED) is 0.604. The molecule has 4 rings (SSSR count). The molecule has 2 aliphatic heterocycles. The van der Waals surface area contributed by atoms with Crippen molar-refractivity contribution in [1.82, 2.24) is 0 Å². The number of carbonyl (C=O) groups is 2. The highest BCUT2D eigenvalue weighted by Gasteiger charge is 2.29. The van der Waals surface area contributed by atoms with Crippen molar-refractivity contribution in [2.45, 2.75) is 19.4 Å². The second-order valence-electron chi connectivity index (χ2n) is 6.68. The Kier molecular flexibility index (Phi) is 5.02. The fraction of sp³-hybridized carbons (Fsp3) is 0.273. The number of benzene rings is 2. The van der Waals surface area contributed by atoms with E-state index in [4.69, 9.17) is 14.2 Å². The zero-order chi connectivity index (χ0) is 19.5. The number of esters is 1. The van der Waals surface area contributed by atoms with Gasteiger partial charge in [0.25, 0.3) is 5.91 Å². The van der Waals surface area contributed by atoms with Gasteiger partial charge in [-0.05, 0) is 48.7 Å². The van der Waals surface area contributed by atoms with Gasteiger partial charge in [0.15, 0.2) is 17.6 Å². The van der Waals surface area contributed by atoms with Gasteiger partial charge in [-0.3, -0.25) is 4.79 Å². The molecule has 0 aliphatic carbocycles. The maximum atomic E-state index is 12.7. The van der Waals surface area contributed by atoms with Crippen molar-refractivity contribution in [2.75, 3.05) is 24.7 Å². The Balaban J connectivity index is 1.37. The topological polar surface area (TPSA) is 65.1 Å². The minimum absolute atomic E-state index is 0.217. The molecule has 6 nitrogen and oxygen atoms in total. The number of carbonyl (C=O) groups excluding carboxylic acids is 2. The third-order valence-electron chi connectivity index (χ3n) is 4.77. The molecule has 0 bridgehead atoms. The number of para-hydroxylation sites is 1. The van der Waals surface area contributed by atoms with Gasteiger partial charge < -0.3 is 19.1 Å². The van der Waals surface area contributed by atoms with Gasteiger partial charge in [0.2, 0.25) is 0 Å². The van der Waals surface area contributed by atoms with Crippen molar-refractivity contribution in [3.8, 4) is 11.5 Å². The average molecular weight is 379 g/mol. The molecule has 0 saturated heterocycles. The minimum Gasteiger partial charge on any atom is -0.486 e. The van der Waals surface area contributed by atoms with Gasteiger partial charge in [0.05, 0.1) is 0 Å². The molecular formula is C22H21NO5. The molecule has 0 spiro atoms. The van der Waals surface area contributed by atoms with Gasteiger partial charge in [-0.25, -0.2) is 4.79 Å². The van der Waals surface area contributed by atoms with Crippen LogP contribution < -0.4 is 14.4 Å². The first-order valence-corrected chi connectivity index (χ1v) is 9.29. The van der Waals surface area contributed by atoms with Gasteiger partial charge in [-0.1, -0.05) is 24.3 Å². The molecule has 1 amide bonds. The molecule has 28 heavy (non-hydrogen) atoms. The number of ether oxygens (including phenoxy) is 3. The van der Waals surface area contributed by atoms with Crippen LogP contribution in [0.4, 0.5) is 5.69 Å². The highest BCUT2D eigenvalue weighted by Crippen LogP contribution is 2.31. The van der Waals surface area contributed by atoms with Gasteiger partial charge in [-0.2, -0.15) is 0 Å². The summed E-state index contributed by atoms with van der Waals surface area (Å²) >= 11 is 0. The molecule has 0 radical (unpaired) electrons. The van der Waals surface area contributed by atoms with Gasteiger partial charge >= 0.3 is 5.97 Å². The van der Waals surface area contributed by atoms with Crippen LogP contribution in [0.25, 0.3) is 6.08 Å². The van der Waals surface area contributed by atoms with Crippen LogP contribution in [0.1, 0.15) is 18.1 Å². The van der Waals surface area contributed by atoms with E-state index in [0.29, 0.717) is 31.3 Å². The molecular weight excluding hydrogens is 358 g/mol. The normalized spacial score (nSPS) is 16.0. The van der Waals surface area contributed by atoms with E-state index in [2.05, 4.69) is 0 Å². The molecule has 1 atom stereocenters. The molecule has 2 aliphatic rings. The third-order valence-corrected chi connectivity index (χ3v) is 4.77. The molecule has 2 aromatic rings. The summed E-state index contributed by atoms with van der Waals surface area (Å²) in [4.78, 5) is 26.5. The number of rotatable bonds is 4. The smallest absolute Gasteiger partial charge is 0.331 e. The monoisotopic (exact) mass is 379 g/mol. The number of fused-ring (bicyclic) bond motifs is 2. The van der Waals surface area contributed by atoms with Crippen molar-refractivity contribution >= 4 is 23.6 Å². The van der Waals surface area contributed by atoms with E-state index < -0.39 is 12.1 Å². The first-order valence-electron chi connectivity index (χ1n) is 9.29. The van der Waals surface area contributed by atoms with E-state index in [-0.39, 0.29) is 5.91 Å². The van der Waals surface area contributed by atoms with Crippen molar-refractivity contribution in [1.29, 1.82) is 0 Å². The molecule has 144 valence electrons. The van der Waals surface area contributed by atoms with E-state index in [0.717, 1.165) is 23.2 Å². The minimum atomic E-state index is -0.858. The fourth-order valence-electron chi connectivity index (χ4n) is 3.38. The van der Waals surface area contributed by atoms with Crippen LogP contribution in [-0.2, 0) is 20.7 Å². The second kappa shape index (κ2) is 7.76. The molecule has 2 aromatic carbocycles. The van der Waals surface area contributed by atoms with Crippen molar-refractivity contribution < 1.29 is 23.8 Å². The Hall–Kier alpha value is -3.28. The van der Waals surface area contributed by atoms with Crippen LogP contribution in [0.3, 0.4) is 0 Å². The van der Waals surface area contributed by atoms with Crippen molar-refractivity contribution in [3.05, 3.63) is 59.7 Å². The lowest BCUT2D eigenvalue weighted by Gasteiger charge is -2.21. The summed E-state index contributed by atoms with van der Waals surface area (Å²) in [5.74, 6) is 0.559. The first-order chi connectivity index (χ1) is 13.6. The maximum absolute atomic E-state index is 12.7. The van der Waals surface area contributed by atoms with E-state index >= 15 is 0 Å². The molecule has 0 aromatic heterocycles. The number of anilines is 1. The predicted molar refractivity (Wildman–Crippen MR) is 105 cm³/mol. The number of hydrogen-bond acceptors (Lipinski definition) is 5. The Morgan fingerprint density at radius 3 is 2.75 bits per heavy atom. The van der Waals surface area contributed by atoms with Gasteiger partial charge in [-0.15, -0.1) is 0 Å². The summed E-state index contributed by atoms with van der Waals surface area (Å²) in [6.07, 6.45) is 2.89. The summed E-state index contributed by atoms with van der Waals surface area (Å²) in [5, 5.41) is 0. The number of amides is 1. The Labute approximate surface area is 163 Å². The Morgan fingerprint density at radius 1 is 1.11 bits per heavy atom. The molecule has 0 unspecified atom stereocenters. The summed E-state index contributed by atoms with van der Waals surface area (Å²) in [6, 6.07) is 13.2. The zero-order valence-corrected chi connectivity index (χ0v) is 15.6. The molecule has 6 heteroatoms. The van der Waals surface area contributed by atoms with Gasteiger partial charge in [0.1, 0.15) is 13.2 Å². The lowest BCUT2D eigenvalue weighted by molar-refractivity contribution is -0.149. The zero-order valence-electron chi connectivity index (χ0n) is 15.6. The highest BCUT2D eigenvalue weighted by molar-refractivity contribution is 6.00. The largest absolute Gasteiger partial charge is 0.486 e. The van der Waals surface area contributed by atoms with Crippen LogP contribution in [0.5, 0.6) is 11.5 Å². The van der Waals surface area contributed by atoms with E-state index in [1.807, 2.05) is 30.3 Å². The highest BCUT2D eigenvalue weighted by atomic mass is 16.6. The van der Waals surface area contributed by atoms with Crippen LogP contribution in [0.2, 0.25) is 0 Å². The SMILES string of the molecule is C[C@H](OC(=O)/C=C/c1ccc2c(c1)OCCO2)C(=O)N1CCc2ccccc21. The van der Waals surface area contributed by atoms with Gasteiger partial charge in [0, 0.05) is 18.3 Å². The van der Waals surface area contributed by atoms with Crippen LogP contribution in [-0.4, -0.2) is 37.7 Å². The number of hydrogen-bond donors (Lipinski definition) is 0. The second-order valence-corrected chi connectivity index (χ2v) is 6.68. The van der Waals surface area contributed by atoms with Crippen LogP contribution in [0, 0.1) is 0 Å². The van der Waals surface area contributed by atoms with E-state index in [9.17, 15) is 9.59 Å². The lowest BCUT2D eigenvalue weighted by atomic mass is 10.2. The van der Waals surface area contributed by atoms with Crippen LogP contribution in [0.15, 0.2) is 48.5 Å². The molecule has 2 heterocycles. The summed E-state index contributed by atoms with van der Waals surface area (Å²) < 4.78 is 16.3. The standard InChI is InChI=1S/C22H21NO5/c1-15(22(25)23-11-10-17-4-2-3-5-18(17)23)28-21(24)9-7-16-6-8-19-20(14-16)27-13-12-26-19/h2-9,14-15H,10-13H2,1H3/b9-7+/t15-/m0/s1. The average Bonchev–Trinajstić information content (AvgIpc) is 3.15. The number of nitrogens with zero attached hydrogens (tertiary/aromatic N) is 1. The lowest BCUT2D eigenvalue weighted by Crippen LogP contribution is -2.38. The Bertz CT molecular complexity index is 936. The van der Waals surface area contributed by atoms with E-state index in [1.54, 1.807) is 30.0 Å². The fourth-order valence-corrected chi connectivity index (χ4v) is 3.38. The van der Waals surface area contributed by atoms with E-state index in [1.165, 1.54) is 6.08 Å². The van der Waals surface area contributed by atoms with Crippen LogP contribution >= 0.6 is 0 Å². The first kappa shape index (κ1) is 18.1. The van der Waals surface area contributed by atoms with Crippen molar-refractivity contribution in [2.24, 2.45) is 0 Å². The third kappa shape index (κ3) is 3.71. The predicted octanol–water partition coefficient (Wildman–Crippen LogP) is 2.99. The maximum Gasteiger partial charge on any atom is 0.331 e. The molecule has 0 fully saturated rings. The summed E-state index contributed by atoms with van der Waals surface area (Å²) in [5.41, 5.74) is 2.81. The summed E-state index contributed by atoms with van der Waals surface area (Å²) in [6.45, 7) is 3.23. The van der Waals surface area contributed by atoms with Crippen molar-refractivity contribution in [3.63, 3.8) is 0 Å². The Morgan fingerprint density at radius 2 is 1.89 bits per heavy atom. The molecule has 0 N–H and O–H groups in total. The summed E-state index contributed by atoms with van der Waals surface area (Å²) in [7, 11) is 0.